The maximum atomic E-state index is 12.0. The number of hydrogen-bond acceptors (Lipinski definition) is 4. The molecule has 3 rings (SSSR count). The Hall–Kier alpha value is -0.620. The normalized spacial score (nSPS) is 31.3. The first-order valence-electron chi connectivity index (χ1n) is 7.76. The van der Waals surface area contributed by atoms with Crippen molar-refractivity contribution in [3.8, 4) is 0 Å². The Balaban J connectivity index is 1.39. The summed E-state index contributed by atoms with van der Waals surface area (Å²) >= 11 is 0. The number of nitrogens with one attached hydrogen (secondary N) is 1. The highest BCUT2D eigenvalue weighted by Crippen LogP contribution is 2.31. The van der Waals surface area contributed by atoms with Gasteiger partial charge < -0.3 is 10.2 Å². The highest BCUT2D eigenvalue weighted by molar-refractivity contribution is 7.91. The van der Waals surface area contributed by atoms with Gasteiger partial charge in [-0.05, 0) is 51.1 Å². The van der Waals surface area contributed by atoms with Crippen molar-refractivity contribution in [1.82, 2.24) is 10.2 Å². The van der Waals surface area contributed by atoms with E-state index in [1.54, 1.807) is 0 Å². The molecule has 0 aromatic heterocycles. The molecule has 3 fully saturated rings. The van der Waals surface area contributed by atoms with E-state index in [-0.39, 0.29) is 23.5 Å². The third-order valence-electron chi connectivity index (χ3n) is 4.78. The average molecular weight is 300 g/mol. The van der Waals surface area contributed by atoms with E-state index in [0.29, 0.717) is 18.8 Å². The summed E-state index contributed by atoms with van der Waals surface area (Å²) in [5.74, 6) is 0.858. The van der Waals surface area contributed by atoms with Crippen molar-refractivity contribution in [3.05, 3.63) is 0 Å². The highest BCUT2D eigenvalue weighted by atomic mass is 32.2. The molecule has 3 aliphatic rings. The molecule has 2 saturated heterocycles. The summed E-state index contributed by atoms with van der Waals surface area (Å²) in [4.78, 5) is 14.5. The van der Waals surface area contributed by atoms with Gasteiger partial charge in [-0.15, -0.1) is 0 Å². The average Bonchev–Trinajstić information content (AvgIpc) is 3.16. The van der Waals surface area contributed by atoms with Crippen LogP contribution in [0, 0.1) is 5.92 Å². The molecule has 0 aromatic rings. The molecular weight excluding hydrogens is 276 g/mol. The summed E-state index contributed by atoms with van der Waals surface area (Å²) in [6.07, 6.45) is 6.05. The summed E-state index contributed by atoms with van der Waals surface area (Å²) in [5, 5.41) is 2.90. The fourth-order valence-corrected chi connectivity index (χ4v) is 5.09. The second kappa shape index (κ2) is 5.64. The van der Waals surface area contributed by atoms with Gasteiger partial charge in [0.15, 0.2) is 9.84 Å². The van der Waals surface area contributed by atoms with E-state index in [4.69, 9.17) is 0 Å². The highest BCUT2D eigenvalue weighted by Gasteiger charge is 2.33. The maximum Gasteiger partial charge on any atom is 0.220 e. The zero-order valence-electron chi connectivity index (χ0n) is 11.9. The van der Waals surface area contributed by atoms with E-state index < -0.39 is 9.84 Å². The first kappa shape index (κ1) is 14.3. The fourth-order valence-electron chi connectivity index (χ4n) is 3.42. The third kappa shape index (κ3) is 3.73. The molecule has 0 radical (unpaired) electrons. The van der Waals surface area contributed by atoms with E-state index in [1.165, 1.54) is 12.8 Å². The van der Waals surface area contributed by atoms with Crippen LogP contribution in [0.2, 0.25) is 0 Å². The summed E-state index contributed by atoms with van der Waals surface area (Å²) < 4.78 is 22.7. The molecular formula is C14H24N2O3S. The van der Waals surface area contributed by atoms with Crippen LogP contribution in [0.4, 0.5) is 0 Å². The van der Waals surface area contributed by atoms with Crippen molar-refractivity contribution in [1.29, 1.82) is 0 Å². The predicted molar refractivity (Wildman–Crippen MR) is 77.1 cm³/mol. The number of carbonyl (C=O) groups excluding carboxylic acids is 1. The summed E-state index contributed by atoms with van der Waals surface area (Å²) in [5.41, 5.74) is 0. The van der Waals surface area contributed by atoms with Crippen LogP contribution in [0.15, 0.2) is 0 Å². The Bertz CT molecular complexity index is 465. The van der Waals surface area contributed by atoms with Crippen LogP contribution < -0.4 is 5.32 Å². The van der Waals surface area contributed by atoms with Gasteiger partial charge in [-0.2, -0.15) is 0 Å². The van der Waals surface area contributed by atoms with Crippen LogP contribution in [0.25, 0.3) is 0 Å². The van der Waals surface area contributed by atoms with Gasteiger partial charge in [-0.3, -0.25) is 4.79 Å². The number of likely N-dealkylation sites (tertiary alicyclic amines) is 1. The van der Waals surface area contributed by atoms with Crippen LogP contribution in [-0.4, -0.2) is 55.9 Å². The lowest BCUT2D eigenvalue weighted by Gasteiger charge is -2.31. The van der Waals surface area contributed by atoms with E-state index in [2.05, 4.69) is 10.2 Å². The number of rotatable bonds is 4. The Morgan fingerprint density at radius 2 is 1.80 bits per heavy atom. The van der Waals surface area contributed by atoms with E-state index in [0.717, 1.165) is 32.0 Å². The van der Waals surface area contributed by atoms with Crippen molar-refractivity contribution >= 4 is 15.7 Å². The van der Waals surface area contributed by atoms with Gasteiger partial charge in [0.25, 0.3) is 0 Å². The first-order valence-corrected chi connectivity index (χ1v) is 9.58. The number of sulfone groups is 1. The van der Waals surface area contributed by atoms with Gasteiger partial charge in [-0.1, -0.05) is 0 Å². The van der Waals surface area contributed by atoms with Crippen LogP contribution in [0.5, 0.6) is 0 Å². The minimum atomic E-state index is -2.91. The van der Waals surface area contributed by atoms with Gasteiger partial charge >= 0.3 is 0 Å². The lowest BCUT2D eigenvalue weighted by atomic mass is 9.93. The molecule has 1 N–H and O–H groups in total. The lowest BCUT2D eigenvalue weighted by molar-refractivity contribution is -0.122. The standard InChI is InChI=1S/C14H24N2O3S/c17-14(15-12-5-8-20(18,19)10-12)9-11-3-6-16(7-4-11)13-1-2-13/h11-13H,1-10H2,(H,15,17). The molecule has 0 bridgehead atoms. The van der Waals surface area contributed by atoms with Crippen LogP contribution in [-0.2, 0) is 14.6 Å². The predicted octanol–water partition coefficient (Wildman–Crippen LogP) is 0.554. The molecule has 1 amide bonds. The second-order valence-corrected chi connectivity index (χ2v) is 8.81. The Morgan fingerprint density at radius 1 is 1.10 bits per heavy atom. The minimum Gasteiger partial charge on any atom is -0.352 e. The molecule has 114 valence electrons. The van der Waals surface area contributed by atoms with Crippen molar-refractivity contribution in [2.75, 3.05) is 24.6 Å². The van der Waals surface area contributed by atoms with Gasteiger partial charge in [0.1, 0.15) is 0 Å². The topological polar surface area (TPSA) is 66.5 Å². The van der Waals surface area contributed by atoms with Crippen LogP contribution >= 0.6 is 0 Å². The lowest BCUT2D eigenvalue weighted by Crippen LogP contribution is -2.39. The van der Waals surface area contributed by atoms with Crippen molar-refractivity contribution < 1.29 is 13.2 Å². The molecule has 2 aliphatic heterocycles. The number of piperidine rings is 1. The SMILES string of the molecule is O=C(CC1CCN(C2CC2)CC1)NC1CCS(=O)(=O)C1. The Labute approximate surface area is 121 Å². The number of nitrogens with zero attached hydrogens (tertiary/aromatic N) is 1. The molecule has 6 heteroatoms. The molecule has 0 spiro atoms. The maximum absolute atomic E-state index is 12.0. The summed E-state index contributed by atoms with van der Waals surface area (Å²) in [7, 11) is -2.91. The van der Waals surface area contributed by atoms with Crippen LogP contribution in [0.3, 0.4) is 0 Å². The summed E-state index contributed by atoms with van der Waals surface area (Å²) in [6, 6.07) is 0.674. The monoisotopic (exact) mass is 300 g/mol. The molecule has 1 unspecified atom stereocenters. The molecule has 5 nitrogen and oxygen atoms in total. The number of carbonyl (C=O) groups is 1. The van der Waals surface area contributed by atoms with Crippen molar-refractivity contribution in [2.45, 2.75) is 50.6 Å². The zero-order chi connectivity index (χ0) is 14.2. The molecule has 1 saturated carbocycles. The van der Waals surface area contributed by atoms with Crippen LogP contribution in [0.1, 0.15) is 38.5 Å². The van der Waals surface area contributed by atoms with Crippen molar-refractivity contribution in [3.63, 3.8) is 0 Å². The quantitative estimate of drug-likeness (QED) is 0.823. The van der Waals surface area contributed by atoms with Crippen molar-refractivity contribution in [2.24, 2.45) is 5.92 Å². The van der Waals surface area contributed by atoms with Gasteiger partial charge in [0.2, 0.25) is 5.91 Å². The van der Waals surface area contributed by atoms with E-state index in [1.807, 2.05) is 0 Å². The van der Waals surface area contributed by atoms with Gasteiger partial charge in [-0.25, -0.2) is 8.42 Å². The first-order chi connectivity index (χ1) is 9.52. The molecule has 2 heterocycles. The van der Waals surface area contributed by atoms with E-state index >= 15 is 0 Å². The third-order valence-corrected chi connectivity index (χ3v) is 6.55. The second-order valence-electron chi connectivity index (χ2n) is 6.58. The molecule has 1 aliphatic carbocycles. The number of hydrogen-bond donors (Lipinski definition) is 1. The largest absolute Gasteiger partial charge is 0.352 e. The molecule has 20 heavy (non-hydrogen) atoms. The van der Waals surface area contributed by atoms with Gasteiger partial charge in [0, 0.05) is 18.5 Å². The fraction of sp³-hybridized carbons (Fsp3) is 0.929. The number of amides is 1. The Morgan fingerprint density at radius 3 is 2.35 bits per heavy atom. The summed E-state index contributed by atoms with van der Waals surface area (Å²) in [6.45, 7) is 2.25. The molecule has 1 atom stereocenters. The Kier molecular flexibility index (Phi) is 4.04. The van der Waals surface area contributed by atoms with E-state index in [9.17, 15) is 13.2 Å². The molecule has 0 aromatic carbocycles. The zero-order valence-corrected chi connectivity index (χ0v) is 12.7. The smallest absolute Gasteiger partial charge is 0.220 e. The minimum absolute atomic E-state index is 0.0389. The van der Waals surface area contributed by atoms with Gasteiger partial charge in [0.05, 0.1) is 11.5 Å².